The van der Waals surface area contributed by atoms with Crippen molar-refractivity contribution >= 4 is 29.2 Å². The Morgan fingerprint density at radius 3 is 2.51 bits per heavy atom. The summed E-state index contributed by atoms with van der Waals surface area (Å²) < 4.78 is 57.4. The van der Waals surface area contributed by atoms with Gasteiger partial charge in [0.25, 0.3) is 0 Å². The van der Waals surface area contributed by atoms with Crippen LogP contribution in [0.1, 0.15) is 57.3 Å². The highest BCUT2D eigenvalue weighted by Gasteiger charge is 2.46. The number of ether oxygens (including phenoxy) is 2. The standard InChI is InChI=1S/C28H34F2N4O6S/c1-16-5-6-19(15-31-16)40-18-7-8-22(29)20(13-18)24(33-41(38)28(2,3)4)23(30)14-21-25(35)32-27(37)34(26(21)36)17-9-11-39-12-10-17/h5-8,13,15,17,21,23-24,33H,9-12,14H2,1-4H3,(H,32,35,37)/t21-,23+,24+,41-/m1/s1. The lowest BCUT2D eigenvalue weighted by molar-refractivity contribution is -0.146. The summed E-state index contributed by atoms with van der Waals surface area (Å²) in [5, 5.41) is 2.15. The van der Waals surface area contributed by atoms with Gasteiger partial charge in [-0.2, -0.15) is 0 Å². The molecule has 0 aliphatic carbocycles. The second-order valence-corrected chi connectivity index (χ2v) is 13.0. The zero-order valence-electron chi connectivity index (χ0n) is 23.3. The largest absolute Gasteiger partial charge is 0.598 e. The molecule has 13 heteroatoms. The van der Waals surface area contributed by atoms with E-state index in [9.17, 15) is 18.9 Å². The number of amides is 4. The van der Waals surface area contributed by atoms with Gasteiger partial charge >= 0.3 is 6.03 Å². The minimum absolute atomic E-state index is 0.176. The average molecular weight is 593 g/mol. The molecule has 4 atom stereocenters. The quantitative estimate of drug-likeness (QED) is 0.330. The highest BCUT2D eigenvalue weighted by Crippen LogP contribution is 2.34. The summed E-state index contributed by atoms with van der Waals surface area (Å²) in [5.74, 6) is -3.56. The summed E-state index contributed by atoms with van der Waals surface area (Å²) in [4.78, 5) is 43.7. The number of alkyl halides is 1. The Balaban J connectivity index is 1.62. The van der Waals surface area contributed by atoms with Crippen molar-refractivity contribution in [2.45, 2.75) is 70.0 Å². The zero-order valence-corrected chi connectivity index (χ0v) is 24.1. The second kappa shape index (κ2) is 12.8. The molecule has 0 spiro atoms. The molecular formula is C28H34F2N4O6S. The number of barbiturate groups is 1. The van der Waals surface area contributed by atoms with Gasteiger partial charge in [0, 0.05) is 48.3 Å². The van der Waals surface area contributed by atoms with E-state index < -0.39 is 70.4 Å². The highest BCUT2D eigenvalue weighted by atomic mass is 32.2. The van der Waals surface area contributed by atoms with Crippen molar-refractivity contribution in [2.24, 2.45) is 5.92 Å². The van der Waals surface area contributed by atoms with Crippen molar-refractivity contribution in [3.8, 4) is 11.5 Å². The number of nitrogens with zero attached hydrogens (tertiary/aromatic N) is 2. The Hall–Kier alpha value is -3.13. The number of benzene rings is 1. The first-order valence-corrected chi connectivity index (χ1v) is 14.5. The monoisotopic (exact) mass is 592 g/mol. The van der Waals surface area contributed by atoms with Crippen LogP contribution in [0.4, 0.5) is 13.6 Å². The van der Waals surface area contributed by atoms with Crippen LogP contribution in [-0.2, 0) is 25.7 Å². The third-order valence-electron chi connectivity index (χ3n) is 6.89. The molecule has 0 saturated carbocycles. The Kier molecular flexibility index (Phi) is 9.62. The van der Waals surface area contributed by atoms with Gasteiger partial charge in [0.2, 0.25) is 11.8 Å². The van der Waals surface area contributed by atoms with Crippen LogP contribution < -0.4 is 14.8 Å². The highest BCUT2D eigenvalue weighted by molar-refractivity contribution is 7.90. The van der Waals surface area contributed by atoms with Crippen molar-refractivity contribution in [1.29, 1.82) is 0 Å². The second-order valence-electron chi connectivity index (χ2n) is 11.0. The van der Waals surface area contributed by atoms with Crippen LogP contribution in [-0.4, -0.2) is 62.5 Å². The molecule has 1 aromatic heterocycles. The fraction of sp³-hybridized carbons (Fsp3) is 0.500. The zero-order chi connectivity index (χ0) is 29.9. The molecule has 4 amide bonds. The number of hydrogen-bond donors (Lipinski definition) is 2. The summed E-state index contributed by atoms with van der Waals surface area (Å²) in [5.41, 5.74) is 0.568. The van der Waals surface area contributed by atoms with Crippen molar-refractivity contribution < 1.29 is 37.2 Å². The number of imide groups is 2. The molecule has 222 valence electrons. The fourth-order valence-corrected chi connectivity index (χ4v) is 5.45. The summed E-state index contributed by atoms with van der Waals surface area (Å²) in [7, 11) is 0. The predicted molar refractivity (Wildman–Crippen MR) is 146 cm³/mol. The third-order valence-corrected chi connectivity index (χ3v) is 8.47. The molecule has 2 fully saturated rings. The van der Waals surface area contributed by atoms with Gasteiger partial charge in [0.05, 0.1) is 6.20 Å². The molecule has 2 aliphatic heterocycles. The van der Waals surface area contributed by atoms with E-state index >= 15 is 8.78 Å². The maximum atomic E-state index is 16.2. The molecule has 41 heavy (non-hydrogen) atoms. The minimum Gasteiger partial charge on any atom is -0.598 e. The Labute approximate surface area is 240 Å². The summed E-state index contributed by atoms with van der Waals surface area (Å²) in [6.45, 7) is 7.48. The molecule has 10 nitrogen and oxygen atoms in total. The van der Waals surface area contributed by atoms with Crippen LogP contribution in [0.15, 0.2) is 36.5 Å². The number of pyridine rings is 1. The molecule has 4 rings (SSSR count). The van der Waals surface area contributed by atoms with E-state index in [0.717, 1.165) is 16.7 Å². The van der Waals surface area contributed by atoms with E-state index in [1.165, 1.54) is 18.3 Å². The Bertz CT molecular complexity index is 1270. The van der Waals surface area contributed by atoms with Crippen LogP contribution in [0.2, 0.25) is 0 Å². The van der Waals surface area contributed by atoms with Gasteiger partial charge in [-0.05, 0) is 70.9 Å². The Morgan fingerprint density at radius 2 is 1.88 bits per heavy atom. The molecule has 2 N–H and O–H groups in total. The van der Waals surface area contributed by atoms with Crippen LogP contribution in [0.5, 0.6) is 11.5 Å². The third kappa shape index (κ3) is 7.39. The first-order valence-electron chi connectivity index (χ1n) is 13.3. The molecule has 0 unspecified atom stereocenters. The van der Waals surface area contributed by atoms with Crippen LogP contribution in [0.3, 0.4) is 0 Å². The number of carbonyl (C=O) groups excluding carboxylic acids is 3. The van der Waals surface area contributed by atoms with Crippen LogP contribution in [0, 0.1) is 18.7 Å². The molecule has 0 radical (unpaired) electrons. The first-order chi connectivity index (χ1) is 19.3. The molecule has 3 heterocycles. The number of hydrogen-bond acceptors (Lipinski definition) is 8. The molecular weight excluding hydrogens is 558 g/mol. The van der Waals surface area contributed by atoms with Gasteiger partial charge in [-0.3, -0.25) is 24.8 Å². The van der Waals surface area contributed by atoms with E-state index in [2.05, 4.69) is 15.0 Å². The lowest BCUT2D eigenvalue weighted by Gasteiger charge is -2.38. The van der Waals surface area contributed by atoms with E-state index in [4.69, 9.17) is 9.47 Å². The summed E-state index contributed by atoms with van der Waals surface area (Å²) >= 11 is -1.86. The van der Waals surface area contributed by atoms with Gasteiger partial charge in [-0.1, -0.05) is 0 Å². The van der Waals surface area contributed by atoms with Gasteiger partial charge in [-0.25, -0.2) is 13.6 Å². The topological polar surface area (TPSA) is 133 Å². The number of aromatic nitrogens is 1. The van der Waals surface area contributed by atoms with E-state index in [0.29, 0.717) is 31.8 Å². The summed E-state index contributed by atoms with van der Waals surface area (Å²) in [6.07, 6.45) is -0.468. The molecule has 2 aliphatic rings. The number of carbonyl (C=O) groups is 3. The first kappa shape index (κ1) is 30.8. The Morgan fingerprint density at radius 1 is 1.20 bits per heavy atom. The minimum atomic E-state index is -2.06. The SMILES string of the molecule is Cc1ccc(Oc2ccc(F)c([C@H](N[S@+]([O-])C(C)(C)C)[C@@H](F)C[C@@H]3C(=O)NC(=O)N(C4CCOCC4)C3=O)c2)cn1. The van der Waals surface area contributed by atoms with Gasteiger partial charge in [0.15, 0.2) is 0 Å². The van der Waals surface area contributed by atoms with E-state index in [1.807, 2.05) is 6.92 Å². The summed E-state index contributed by atoms with van der Waals surface area (Å²) in [6, 6.07) is 4.26. The maximum Gasteiger partial charge on any atom is 0.331 e. The fourth-order valence-electron chi connectivity index (χ4n) is 4.59. The van der Waals surface area contributed by atoms with Crippen molar-refractivity contribution in [3.05, 3.63) is 53.6 Å². The molecule has 1 aromatic carbocycles. The smallest absolute Gasteiger partial charge is 0.331 e. The number of halogens is 2. The van der Waals surface area contributed by atoms with Crippen LogP contribution in [0.25, 0.3) is 0 Å². The normalized spacial score (nSPS) is 20.9. The van der Waals surface area contributed by atoms with E-state index in [1.54, 1.807) is 32.9 Å². The average Bonchev–Trinajstić information content (AvgIpc) is 2.92. The van der Waals surface area contributed by atoms with Gasteiger partial charge in [-0.15, -0.1) is 4.72 Å². The molecule has 0 bridgehead atoms. The maximum absolute atomic E-state index is 16.2. The van der Waals surface area contributed by atoms with Gasteiger partial charge in [0.1, 0.15) is 40.2 Å². The van der Waals surface area contributed by atoms with Crippen LogP contribution >= 0.6 is 0 Å². The number of urea groups is 1. The van der Waals surface area contributed by atoms with E-state index in [-0.39, 0.29) is 11.3 Å². The van der Waals surface area contributed by atoms with Crippen molar-refractivity contribution in [2.75, 3.05) is 13.2 Å². The lowest BCUT2D eigenvalue weighted by Crippen LogP contribution is -2.62. The number of aryl methyl sites for hydroxylation is 1. The van der Waals surface area contributed by atoms with Crippen molar-refractivity contribution in [1.82, 2.24) is 19.9 Å². The van der Waals surface area contributed by atoms with Crippen molar-refractivity contribution in [3.63, 3.8) is 0 Å². The molecule has 2 aromatic rings. The lowest BCUT2D eigenvalue weighted by atomic mass is 9.91. The van der Waals surface area contributed by atoms with Gasteiger partial charge < -0.3 is 14.0 Å². The predicted octanol–water partition coefficient (Wildman–Crippen LogP) is 4.02. The number of nitrogens with one attached hydrogen (secondary N) is 2. The molecule has 2 saturated heterocycles. The number of rotatable bonds is 9.